The summed E-state index contributed by atoms with van der Waals surface area (Å²) in [5.41, 5.74) is 7.00. The van der Waals surface area contributed by atoms with Crippen molar-refractivity contribution < 1.29 is 14.3 Å². The zero-order valence-corrected chi connectivity index (χ0v) is 13.4. The lowest BCUT2D eigenvalue weighted by Gasteiger charge is -2.22. The third-order valence-corrected chi connectivity index (χ3v) is 3.23. The number of rotatable bonds is 6. The molecule has 6 heteroatoms. The van der Waals surface area contributed by atoms with Crippen LogP contribution in [0, 0.1) is 5.92 Å². The molecule has 0 aliphatic heterocycles. The summed E-state index contributed by atoms with van der Waals surface area (Å²) in [7, 11) is 1.32. The van der Waals surface area contributed by atoms with E-state index < -0.39 is 0 Å². The van der Waals surface area contributed by atoms with E-state index in [1.807, 2.05) is 30.3 Å². The topological polar surface area (TPSA) is 81.4 Å². The van der Waals surface area contributed by atoms with Crippen LogP contribution in [0.2, 0.25) is 0 Å². The first-order valence-electron chi connectivity index (χ1n) is 6.63. The Labute approximate surface area is 131 Å². The SMILES string of the molecule is COC(=O)CC(C)NC(=O)C(C)C(N)c1ccccc1.Cl. The maximum absolute atomic E-state index is 12.1. The molecule has 3 atom stereocenters. The van der Waals surface area contributed by atoms with Crippen LogP contribution in [0.5, 0.6) is 0 Å². The van der Waals surface area contributed by atoms with E-state index in [-0.39, 0.29) is 48.7 Å². The highest BCUT2D eigenvalue weighted by Crippen LogP contribution is 2.19. The molecule has 0 spiro atoms. The van der Waals surface area contributed by atoms with E-state index in [4.69, 9.17) is 5.73 Å². The summed E-state index contributed by atoms with van der Waals surface area (Å²) in [5.74, 6) is -0.895. The fraction of sp³-hybridized carbons (Fsp3) is 0.467. The Bertz CT molecular complexity index is 453. The van der Waals surface area contributed by atoms with Crippen molar-refractivity contribution in [3.8, 4) is 0 Å². The molecule has 0 saturated carbocycles. The third kappa shape index (κ3) is 6.14. The molecule has 3 unspecified atom stereocenters. The summed E-state index contributed by atoms with van der Waals surface area (Å²) in [6, 6.07) is 8.82. The summed E-state index contributed by atoms with van der Waals surface area (Å²) < 4.78 is 4.56. The van der Waals surface area contributed by atoms with Gasteiger partial charge in [-0.1, -0.05) is 37.3 Å². The van der Waals surface area contributed by atoms with Gasteiger partial charge in [-0.05, 0) is 12.5 Å². The number of nitrogens with two attached hydrogens (primary N) is 1. The molecule has 0 aromatic heterocycles. The molecule has 0 saturated heterocycles. The second kappa shape index (κ2) is 9.37. The number of methoxy groups -OCH3 is 1. The van der Waals surface area contributed by atoms with E-state index in [1.54, 1.807) is 13.8 Å². The number of carbonyl (C=O) groups excluding carboxylic acids is 2. The van der Waals surface area contributed by atoms with Crippen molar-refractivity contribution in [1.82, 2.24) is 5.32 Å². The van der Waals surface area contributed by atoms with Crippen LogP contribution in [-0.2, 0) is 14.3 Å². The van der Waals surface area contributed by atoms with Crippen LogP contribution >= 0.6 is 12.4 Å². The Morgan fingerprint density at radius 2 is 1.81 bits per heavy atom. The van der Waals surface area contributed by atoms with Crippen molar-refractivity contribution in [3.05, 3.63) is 35.9 Å². The molecule has 1 rings (SSSR count). The fourth-order valence-corrected chi connectivity index (χ4v) is 1.89. The van der Waals surface area contributed by atoms with E-state index >= 15 is 0 Å². The smallest absolute Gasteiger partial charge is 0.307 e. The predicted molar refractivity (Wildman–Crippen MR) is 84.0 cm³/mol. The maximum Gasteiger partial charge on any atom is 0.307 e. The molecule has 118 valence electrons. The van der Waals surface area contributed by atoms with Crippen LogP contribution in [0.25, 0.3) is 0 Å². The van der Waals surface area contributed by atoms with Gasteiger partial charge in [0.05, 0.1) is 19.4 Å². The highest BCUT2D eigenvalue weighted by atomic mass is 35.5. The Kier molecular flexibility index (Phi) is 8.66. The molecular formula is C15H23ClN2O3. The first-order chi connectivity index (χ1) is 9.45. The Morgan fingerprint density at radius 3 is 2.33 bits per heavy atom. The van der Waals surface area contributed by atoms with E-state index in [1.165, 1.54) is 7.11 Å². The van der Waals surface area contributed by atoms with Gasteiger partial charge in [0, 0.05) is 12.1 Å². The fourth-order valence-electron chi connectivity index (χ4n) is 1.89. The van der Waals surface area contributed by atoms with Gasteiger partial charge < -0.3 is 15.8 Å². The molecule has 0 fully saturated rings. The van der Waals surface area contributed by atoms with Crippen molar-refractivity contribution in [2.24, 2.45) is 11.7 Å². The van der Waals surface area contributed by atoms with Crippen LogP contribution in [0.1, 0.15) is 31.9 Å². The minimum absolute atomic E-state index is 0. The zero-order chi connectivity index (χ0) is 15.1. The number of amides is 1. The molecule has 0 aliphatic rings. The quantitative estimate of drug-likeness (QED) is 0.785. The molecule has 3 N–H and O–H groups in total. The third-order valence-electron chi connectivity index (χ3n) is 3.23. The monoisotopic (exact) mass is 314 g/mol. The second-order valence-electron chi connectivity index (χ2n) is 4.92. The van der Waals surface area contributed by atoms with E-state index in [2.05, 4.69) is 10.1 Å². The average molecular weight is 315 g/mol. The number of hydrogen-bond donors (Lipinski definition) is 2. The van der Waals surface area contributed by atoms with Crippen LogP contribution < -0.4 is 11.1 Å². The lowest BCUT2D eigenvalue weighted by atomic mass is 9.94. The average Bonchev–Trinajstić information content (AvgIpc) is 2.46. The van der Waals surface area contributed by atoms with E-state index in [9.17, 15) is 9.59 Å². The Hall–Kier alpha value is -1.59. The van der Waals surface area contributed by atoms with Gasteiger partial charge in [-0.15, -0.1) is 12.4 Å². The van der Waals surface area contributed by atoms with Gasteiger partial charge in [0.25, 0.3) is 0 Å². The number of esters is 1. The van der Waals surface area contributed by atoms with Crippen molar-refractivity contribution in [2.75, 3.05) is 7.11 Å². The second-order valence-corrected chi connectivity index (χ2v) is 4.92. The van der Waals surface area contributed by atoms with Crippen LogP contribution in [0.3, 0.4) is 0 Å². The van der Waals surface area contributed by atoms with Gasteiger partial charge in [-0.25, -0.2) is 0 Å². The van der Waals surface area contributed by atoms with Crippen molar-refractivity contribution >= 4 is 24.3 Å². The molecule has 1 aromatic rings. The standard InChI is InChI=1S/C15H22N2O3.ClH/c1-10(9-13(18)20-3)17-15(19)11(2)14(16)12-7-5-4-6-8-12;/h4-8,10-11,14H,9,16H2,1-3H3,(H,17,19);1H. The van der Waals surface area contributed by atoms with Crippen molar-refractivity contribution in [2.45, 2.75) is 32.4 Å². The first-order valence-corrected chi connectivity index (χ1v) is 6.63. The number of halogens is 1. The maximum atomic E-state index is 12.1. The lowest BCUT2D eigenvalue weighted by Crippen LogP contribution is -2.41. The summed E-state index contributed by atoms with van der Waals surface area (Å²) in [6.07, 6.45) is 0.148. The molecular weight excluding hydrogens is 292 g/mol. The van der Waals surface area contributed by atoms with Gasteiger partial charge in [-0.3, -0.25) is 9.59 Å². The summed E-state index contributed by atoms with van der Waals surface area (Å²) in [6.45, 7) is 3.54. The van der Waals surface area contributed by atoms with Crippen LogP contribution in [0.4, 0.5) is 0 Å². The minimum atomic E-state index is -0.377. The number of carbonyl (C=O) groups is 2. The molecule has 1 amide bonds. The number of nitrogens with one attached hydrogen (secondary N) is 1. The number of ether oxygens (including phenoxy) is 1. The van der Waals surface area contributed by atoms with E-state index in [0.29, 0.717) is 0 Å². The van der Waals surface area contributed by atoms with Crippen LogP contribution in [-0.4, -0.2) is 25.0 Å². The van der Waals surface area contributed by atoms with Gasteiger partial charge in [-0.2, -0.15) is 0 Å². The van der Waals surface area contributed by atoms with Crippen LogP contribution in [0.15, 0.2) is 30.3 Å². The summed E-state index contributed by atoms with van der Waals surface area (Å²) in [5, 5.41) is 2.78. The minimum Gasteiger partial charge on any atom is -0.469 e. The predicted octanol–water partition coefficient (Wildman–Crippen LogP) is 1.81. The molecule has 1 aromatic carbocycles. The molecule has 0 heterocycles. The van der Waals surface area contributed by atoms with Crippen molar-refractivity contribution in [3.63, 3.8) is 0 Å². The lowest BCUT2D eigenvalue weighted by molar-refractivity contribution is -0.141. The van der Waals surface area contributed by atoms with Gasteiger partial charge in [0.2, 0.25) is 5.91 Å². The van der Waals surface area contributed by atoms with Gasteiger partial charge >= 0.3 is 5.97 Å². The molecule has 0 bridgehead atoms. The Balaban J connectivity index is 0.00000400. The zero-order valence-electron chi connectivity index (χ0n) is 12.5. The number of hydrogen-bond acceptors (Lipinski definition) is 4. The molecule has 21 heavy (non-hydrogen) atoms. The highest BCUT2D eigenvalue weighted by Gasteiger charge is 2.23. The van der Waals surface area contributed by atoms with E-state index in [0.717, 1.165) is 5.56 Å². The largest absolute Gasteiger partial charge is 0.469 e. The molecule has 0 radical (unpaired) electrons. The van der Waals surface area contributed by atoms with Gasteiger partial charge in [0.15, 0.2) is 0 Å². The first kappa shape index (κ1) is 19.4. The van der Waals surface area contributed by atoms with Gasteiger partial charge in [0.1, 0.15) is 0 Å². The highest BCUT2D eigenvalue weighted by molar-refractivity contribution is 5.85. The molecule has 0 aliphatic carbocycles. The summed E-state index contributed by atoms with van der Waals surface area (Å²) >= 11 is 0. The Morgan fingerprint density at radius 1 is 1.24 bits per heavy atom. The number of benzene rings is 1. The normalized spacial score (nSPS) is 14.3. The molecule has 5 nitrogen and oxygen atoms in total. The summed E-state index contributed by atoms with van der Waals surface area (Å²) in [4.78, 5) is 23.2. The van der Waals surface area contributed by atoms with Crippen molar-refractivity contribution in [1.29, 1.82) is 0 Å².